The predicted octanol–water partition coefficient (Wildman–Crippen LogP) is 5.40. The Labute approximate surface area is 171 Å². The highest BCUT2D eigenvalue weighted by atomic mass is 16.1. The first-order valence-electron chi connectivity index (χ1n) is 9.77. The molecular weight excluding hydrogens is 362 g/mol. The Morgan fingerprint density at radius 3 is 2.10 bits per heavy atom. The van der Waals surface area contributed by atoms with Gasteiger partial charge in [-0.15, -0.1) is 0 Å². The van der Waals surface area contributed by atoms with Crippen LogP contribution in [0, 0.1) is 0 Å². The highest BCUT2D eigenvalue weighted by Gasteiger charge is 2.13. The van der Waals surface area contributed by atoms with E-state index in [9.17, 15) is 9.59 Å². The molecule has 2 aromatic carbocycles. The number of Topliss-reactive ketones (excluding diaryl/α,β-unsaturated/α-hetero) is 1. The molecule has 0 aliphatic rings. The molecule has 1 aromatic heterocycles. The van der Waals surface area contributed by atoms with Crippen molar-refractivity contribution in [3.8, 4) is 0 Å². The van der Waals surface area contributed by atoms with Gasteiger partial charge in [-0.1, -0.05) is 32.0 Å². The molecule has 0 saturated heterocycles. The Kier molecular flexibility index (Phi) is 6.39. The van der Waals surface area contributed by atoms with Crippen LogP contribution in [0.1, 0.15) is 52.6 Å². The third-order valence-electron chi connectivity index (χ3n) is 4.82. The largest absolute Gasteiger partial charge is 0.354 e. The molecular formula is C24H25N3O2. The van der Waals surface area contributed by atoms with Gasteiger partial charge in [-0.25, -0.2) is 0 Å². The van der Waals surface area contributed by atoms with Crippen LogP contribution in [0.25, 0.3) is 0 Å². The number of anilines is 3. The number of pyridine rings is 1. The molecule has 1 heterocycles. The molecule has 1 amide bonds. The monoisotopic (exact) mass is 387 g/mol. The van der Waals surface area contributed by atoms with Gasteiger partial charge in [0.2, 0.25) is 0 Å². The molecule has 148 valence electrons. The maximum atomic E-state index is 12.9. The molecule has 0 aliphatic heterocycles. The highest BCUT2D eigenvalue weighted by molar-refractivity contribution is 6.05. The Bertz CT molecular complexity index is 1000. The van der Waals surface area contributed by atoms with Gasteiger partial charge in [-0.2, -0.15) is 0 Å². The first-order chi connectivity index (χ1) is 14.0. The molecule has 5 nitrogen and oxygen atoms in total. The lowest BCUT2D eigenvalue weighted by Crippen LogP contribution is -2.15. The van der Waals surface area contributed by atoms with E-state index in [-0.39, 0.29) is 11.7 Å². The number of aromatic nitrogens is 1. The number of ketones is 1. The van der Waals surface area contributed by atoms with Crippen LogP contribution in [0.5, 0.6) is 0 Å². The average molecular weight is 387 g/mol. The van der Waals surface area contributed by atoms with Crippen molar-refractivity contribution >= 4 is 28.8 Å². The van der Waals surface area contributed by atoms with E-state index in [1.54, 1.807) is 30.6 Å². The van der Waals surface area contributed by atoms with E-state index in [0.29, 0.717) is 16.8 Å². The number of amides is 1. The number of hydrogen-bond donors (Lipinski definition) is 2. The summed E-state index contributed by atoms with van der Waals surface area (Å²) < 4.78 is 0. The van der Waals surface area contributed by atoms with Gasteiger partial charge in [-0.3, -0.25) is 14.6 Å². The van der Waals surface area contributed by atoms with Gasteiger partial charge in [0.25, 0.3) is 5.91 Å². The lowest BCUT2D eigenvalue weighted by Gasteiger charge is -2.15. The molecule has 29 heavy (non-hydrogen) atoms. The summed E-state index contributed by atoms with van der Waals surface area (Å²) in [4.78, 5) is 28.5. The normalized spacial score (nSPS) is 10.4. The lowest BCUT2D eigenvalue weighted by molar-refractivity contribution is 0.101. The highest BCUT2D eigenvalue weighted by Crippen LogP contribution is 2.24. The lowest BCUT2D eigenvalue weighted by atomic mass is 10.0. The third-order valence-corrected chi connectivity index (χ3v) is 4.82. The Morgan fingerprint density at radius 2 is 1.52 bits per heavy atom. The van der Waals surface area contributed by atoms with Crippen LogP contribution in [0.4, 0.5) is 17.1 Å². The van der Waals surface area contributed by atoms with Crippen molar-refractivity contribution in [3.63, 3.8) is 0 Å². The van der Waals surface area contributed by atoms with Crippen LogP contribution in [-0.4, -0.2) is 16.7 Å². The second-order valence-electron chi connectivity index (χ2n) is 6.83. The third kappa shape index (κ3) is 4.88. The number of aryl methyl sites for hydroxylation is 2. The molecule has 0 aliphatic carbocycles. The molecule has 5 heteroatoms. The molecule has 0 spiro atoms. The quantitative estimate of drug-likeness (QED) is 0.532. The maximum Gasteiger partial charge on any atom is 0.257 e. The van der Waals surface area contributed by atoms with Gasteiger partial charge in [-0.05, 0) is 61.2 Å². The Balaban J connectivity index is 1.79. The summed E-state index contributed by atoms with van der Waals surface area (Å²) in [6, 6.07) is 15.1. The topological polar surface area (TPSA) is 71.1 Å². The number of carbonyl (C=O) groups excluding carboxylic acids is 2. The van der Waals surface area contributed by atoms with Crippen molar-refractivity contribution < 1.29 is 9.59 Å². The van der Waals surface area contributed by atoms with Gasteiger partial charge in [0.05, 0.1) is 17.4 Å². The molecule has 0 saturated carbocycles. The predicted molar refractivity (Wildman–Crippen MR) is 117 cm³/mol. The van der Waals surface area contributed by atoms with E-state index in [2.05, 4.69) is 29.5 Å². The fraction of sp³-hybridized carbons (Fsp3) is 0.208. The molecule has 0 bridgehead atoms. The van der Waals surface area contributed by atoms with Crippen molar-refractivity contribution in [2.24, 2.45) is 0 Å². The van der Waals surface area contributed by atoms with Crippen molar-refractivity contribution in [1.29, 1.82) is 0 Å². The minimum atomic E-state index is -0.191. The summed E-state index contributed by atoms with van der Waals surface area (Å²) in [7, 11) is 0. The van der Waals surface area contributed by atoms with Crippen LogP contribution in [0.2, 0.25) is 0 Å². The number of carbonyl (C=O) groups is 2. The molecule has 3 aromatic rings. The number of rotatable bonds is 7. The molecule has 0 fully saturated rings. The number of nitrogens with zero attached hydrogens (tertiary/aromatic N) is 1. The standard InChI is InChI=1S/C24H25N3O2/c1-4-17-7-6-8-18(5-2)23(17)27-24(29)20-13-22(15-25-14-20)26-21-11-9-19(10-12-21)16(3)28/h6-15,26H,4-5H2,1-3H3,(H,27,29). The molecule has 0 radical (unpaired) electrons. The number of nitrogens with one attached hydrogen (secondary N) is 2. The van der Waals surface area contributed by atoms with E-state index >= 15 is 0 Å². The van der Waals surface area contributed by atoms with Gasteiger partial charge < -0.3 is 10.6 Å². The van der Waals surface area contributed by atoms with Gasteiger partial charge >= 0.3 is 0 Å². The summed E-state index contributed by atoms with van der Waals surface area (Å²) in [6.07, 6.45) is 4.91. The summed E-state index contributed by atoms with van der Waals surface area (Å²) >= 11 is 0. The van der Waals surface area contributed by atoms with Crippen LogP contribution in [0.3, 0.4) is 0 Å². The second kappa shape index (κ2) is 9.15. The Morgan fingerprint density at radius 1 is 0.862 bits per heavy atom. The van der Waals surface area contributed by atoms with Crippen LogP contribution in [0.15, 0.2) is 60.9 Å². The number of benzene rings is 2. The molecule has 2 N–H and O–H groups in total. The fourth-order valence-electron chi connectivity index (χ4n) is 3.18. The summed E-state index contributed by atoms with van der Waals surface area (Å²) in [6.45, 7) is 5.69. The SMILES string of the molecule is CCc1cccc(CC)c1NC(=O)c1cncc(Nc2ccc(C(C)=O)cc2)c1. The minimum Gasteiger partial charge on any atom is -0.354 e. The van der Waals surface area contributed by atoms with Crippen LogP contribution < -0.4 is 10.6 Å². The fourth-order valence-corrected chi connectivity index (χ4v) is 3.18. The van der Waals surface area contributed by atoms with Crippen molar-refractivity contribution in [2.45, 2.75) is 33.6 Å². The smallest absolute Gasteiger partial charge is 0.257 e. The van der Waals surface area contributed by atoms with Crippen molar-refractivity contribution in [3.05, 3.63) is 83.2 Å². The van der Waals surface area contributed by atoms with E-state index in [4.69, 9.17) is 0 Å². The summed E-state index contributed by atoms with van der Waals surface area (Å²) in [5.41, 5.74) is 5.77. The maximum absolute atomic E-state index is 12.9. The number of hydrogen-bond acceptors (Lipinski definition) is 4. The zero-order valence-electron chi connectivity index (χ0n) is 17.0. The van der Waals surface area contributed by atoms with Gasteiger partial charge in [0, 0.05) is 23.1 Å². The zero-order chi connectivity index (χ0) is 20.8. The first kappa shape index (κ1) is 20.3. The minimum absolute atomic E-state index is 0.0238. The van der Waals surface area contributed by atoms with Crippen LogP contribution >= 0.6 is 0 Å². The zero-order valence-corrected chi connectivity index (χ0v) is 17.0. The van der Waals surface area contributed by atoms with E-state index in [0.717, 1.165) is 35.3 Å². The average Bonchev–Trinajstić information content (AvgIpc) is 2.74. The van der Waals surface area contributed by atoms with Crippen molar-refractivity contribution in [2.75, 3.05) is 10.6 Å². The Hall–Kier alpha value is -3.47. The van der Waals surface area contributed by atoms with E-state index in [1.807, 2.05) is 30.3 Å². The molecule has 3 rings (SSSR count). The van der Waals surface area contributed by atoms with Crippen LogP contribution in [-0.2, 0) is 12.8 Å². The van der Waals surface area contributed by atoms with Gasteiger partial charge in [0.1, 0.15) is 0 Å². The van der Waals surface area contributed by atoms with E-state index in [1.165, 1.54) is 6.92 Å². The summed E-state index contributed by atoms with van der Waals surface area (Å²) in [5.74, 6) is -0.167. The first-order valence-corrected chi connectivity index (χ1v) is 9.77. The van der Waals surface area contributed by atoms with Gasteiger partial charge in [0.15, 0.2) is 5.78 Å². The second-order valence-corrected chi connectivity index (χ2v) is 6.83. The molecule has 0 atom stereocenters. The van der Waals surface area contributed by atoms with Crippen molar-refractivity contribution in [1.82, 2.24) is 4.98 Å². The molecule has 0 unspecified atom stereocenters. The number of para-hydroxylation sites is 1. The van der Waals surface area contributed by atoms with E-state index < -0.39 is 0 Å². The summed E-state index contributed by atoms with van der Waals surface area (Å²) in [5, 5.41) is 6.28.